The zero-order valence-electron chi connectivity index (χ0n) is 10.5. The summed E-state index contributed by atoms with van der Waals surface area (Å²) >= 11 is 0. The third-order valence-electron chi connectivity index (χ3n) is 4.62. The van der Waals surface area contributed by atoms with Crippen LogP contribution in [0.1, 0.15) is 38.1 Å². The molecule has 1 aromatic rings. The molecule has 3 atom stereocenters. The van der Waals surface area contributed by atoms with E-state index in [4.69, 9.17) is 0 Å². The van der Waals surface area contributed by atoms with Crippen molar-refractivity contribution >= 4 is 0 Å². The first-order chi connectivity index (χ1) is 7.68. The Labute approximate surface area is 97.2 Å². The lowest BCUT2D eigenvalue weighted by molar-refractivity contribution is 0.489. The van der Waals surface area contributed by atoms with Gasteiger partial charge >= 0.3 is 0 Å². The van der Waals surface area contributed by atoms with Crippen LogP contribution in [0.3, 0.4) is 0 Å². The third kappa shape index (κ3) is 1.48. The van der Waals surface area contributed by atoms with Gasteiger partial charge in [0, 0.05) is 7.05 Å². The van der Waals surface area contributed by atoms with E-state index < -0.39 is 0 Å². The number of hydrogen-bond acceptors (Lipinski definition) is 2. The highest BCUT2D eigenvalue weighted by Crippen LogP contribution is 2.56. The first kappa shape index (κ1) is 10.3. The second kappa shape index (κ2) is 3.57. The molecule has 1 aromatic heterocycles. The molecule has 1 heterocycles. The Morgan fingerprint density at radius 3 is 2.56 bits per heavy atom. The minimum atomic E-state index is 0.863. The summed E-state index contributed by atoms with van der Waals surface area (Å²) < 4.78 is 1.97. The second-order valence-electron chi connectivity index (χ2n) is 5.83. The largest absolute Gasteiger partial charge is 0.252 e. The van der Waals surface area contributed by atoms with Gasteiger partial charge in [0.05, 0.1) is 11.4 Å². The van der Waals surface area contributed by atoms with Gasteiger partial charge in [0.15, 0.2) is 0 Å². The topological polar surface area (TPSA) is 30.7 Å². The van der Waals surface area contributed by atoms with Crippen molar-refractivity contribution in [3.8, 4) is 0 Å². The van der Waals surface area contributed by atoms with Gasteiger partial charge in [-0.15, -0.1) is 5.10 Å². The highest BCUT2D eigenvalue weighted by molar-refractivity contribution is 5.15. The van der Waals surface area contributed by atoms with Gasteiger partial charge in [-0.3, -0.25) is 4.68 Å². The number of nitrogens with zero attached hydrogens (tertiary/aromatic N) is 3. The summed E-state index contributed by atoms with van der Waals surface area (Å²) in [6, 6.07) is 0. The van der Waals surface area contributed by atoms with Crippen molar-refractivity contribution in [2.75, 3.05) is 0 Å². The molecule has 1 fully saturated rings. The first-order valence-corrected chi connectivity index (χ1v) is 6.56. The Kier molecular flexibility index (Phi) is 2.30. The van der Waals surface area contributed by atoms with E-state index in [1.165, 1.54) is 30.7 Å². The zero-order chi connectivity index (χ0) is 11.3. The minimum absolute atomic E-state index is 0.863. The maximum Gasteiger partial charge on any atom is 0.0859 e. The lowest BCUT2D eigenvalue weighted by atomic mass is 10.0. The Balaban J connectivity index is 1.78. The number of rotatable bonds is 1. The molecule has 3 nitrogen and oxygen atoms in total. The molecule has 1 saturated carbocycles. The minimum Gasteiger partial charge on any atom is -0.252 e. The highest BCUT2D eigenvalue weighted by Gasteiger charge is 2.50. The molecular formula is C13H21N3. The van der Waals surface area contributed by atoms with Gasteiger partial charge in [-0.2, -0.15) is 0 Å². The maximum atomic E-state index is 4.29. The predicted molar refractivity (Wildman–Crippen MR) is 63.0 cm³/mol. The van der Waals surface area contributed by atoms with Crippen LogP contribution < -0.4 is 0 Å². The van der Waals surface area contributed by atoms with Gasteiger partial charge in [-0.1, -0.05) is 19.1 Å². The van der Waals surface area contributed by atoms with E-state index in [0.717, 1.165) is 30.1 Å². The molecule has 2 aliphatic rings. The Hall–Kier alpha value is -0.860. The lowest BCUT2D eigenvalue weighted by Gasteiger charge is -2.07. The summed E-state index contributed by atoms with van der Waals surface area (Å²) in [5, 5.41) is 8.44. The van der Waals surface area contributed by atoms with E-state index in [2.05, 4.69) is 24.2 Å². The van der Waals surface area contributed by atoms with E-state index in [-0.39, 0.29) is 0 Å². The molecule has 0 spiro atoms. The molecule has 0 saturated heterocycles. The average Bonchev–Trinajstić information content (AvgIpc) is 2.79. The van der Waals surface area contributed by atoms with Gasteiger partial charge in [-0.05, 0) is 49.4 Å². The maximum absolute atomic E-state index is 4.29. The van der Waals surface area contributed by atoms with E-state index in [0.29, 0.717) is 0 Å². The van der Waals surface area contributed by atoms with Crippen molar-refractivity contribution in [3.05, 3.63) is 11.4 Å². The van der Waals surface area contributed by atoms with Crippen LogP contribution in [-0.2, 0) is 19.9 Å². The average molecular weight is 219 g/mol. The summed E-state index contributed by atoms with van der Waals surface area (Å²) in [7, 11) is 2.03. The van der Waals surface area contributed by atoms with Crippen LogP contribution in [0.2, 0.25) is 0 Å². The van der Waals surface area contributed by atoms with Crippen molar-refractivity contribution < 1.29 is 0 Å². The number of aromatic nitrogens is 3. The van der Waals surface area contributed by atoms with Gasteiger partial charge < -0.3 is 0 Å². The van der Waals surface area contributed by atoms with Crippen molar-refractivity contribution in [1.82, 2.24) is 15.0 Å². The second-order valence-corrected chi connectivity index (χ2v) is 5.83. The Morgan fingerprint density at radius 2 is 1.88 bits per heavy atom. The molecule has 16 heavy (non-hydrogen) atoms. The van der Waals surface area contributed by atoms with Crippen molar-refractivity contribution in [3.63, 3.8) is 0 Å². The highest BCUT2D eigenvalue weighted by atomic mass is 15.4. The molecule has 3 unspecified atom stereocenters. The monoisotopic (exact) mass is 219 g/mol. The van der Waals surface area contributed by atoms with Crippen molar-refractivity contribution in [1.29, 1.82) is 0 Å². The molecule has 2 aliphatic carbocycles. The number of fused-ring (bicyclic) bond motifs is 2. The van der Waals surface area contributed by atoms with Gasteiger partial charge in [-0.25, -0.2) is 0 Å². The molecule has 88 valence electrons. The predicted octanol–water partition coefficient (Wildman–Crippen LogP) is 2.21. The van der Waals surface area contributed by atoms with E-state index >= 15 is 0 Å². The molecular weight excluding hydrogens is 198 g/mol. The number of aryl methyl sites for hydroxylation is 2. The summed E-state index contributed by atoms with van der Waals surface area (Å²) in [5.74, 6) is 3.82. The molecule has 0 bridgehead atoms. The van der Waals surface area contributed by atoms with Gasteiger partial charge in [0.1, 0.15) is 0 Å². The van der Waals surface area contributed by atoms with Crippen LogP contribution in [0.25, 0.3) is 0 Å². The van der Waals surface area contributed by atoms with Gasteiger partial charge in [0.25, 0.3) is 0 Å². The van der Waals surface area contributed by atoms with Crippen LogP contribution in [0.4, 0.5) is 0 Å². The smallest absolute Gasteiger partial charge is 0.0859 e. The SMILES string of the molecule is CC(C)C1C2CCc3nnn(C)c3CCC21. The van der Waals surface area contributed by atoms with E-state index in [1.54, 1.807) is 0 Å². The van der Waals surface area contributed by atoms with Gasteiger partial charge in [0.2, 0.25) is 0 Å². The van der Waals surface area contributed by atoms with Crippen molar-refractivity contribution in [2.24, 2.45) is 30.7 Å². The van der Waals surface area contributed by atoms with Crippen LogP contribution in [0.15, 0.2) is 0 Å². The summed E-state index contributed by atoms with van der Waals surface area (Å²) in [6.45, 7) is 4.75. The molecule has 0 amide bonds. The first-order valence-electron chi connectivity index (χ1n) is 6.56. The Morgan fingerprint density at radius 1 is 1.19 bits per heavy atom. The van der Waals surface area contributed by atoms with E-state index in [9.17, 15) is 0 Å². The lowest BCUT2D eigenvalue weighted by Crippen LogP contribution is -2.04. The van der Waals surface area contributed by atoms with Crippen LogP contribution >= 0.6 is 0 Å². The van der Waals surface area contributed by atoms with Crippen LogP contribution in [0.5, 0.6) is 0 Å². The van der Waals surface area contributed by atoms with E-state index in [1.807, 2.05) is 11.7 Å². The fourth-order valence-corrected chi connectivity index (χ4v) is 3.80. The zero-order valence-corrected chi connectivity index (χ0v) is 10.5. The molecule has 0 aromatic carbocycles. The standard InChI is InChI=1S/C13H21N3/c1-8(2)13-9-4-6-11-12(7-5-10(9)13)16(3)15-14-11/h8-10,13H,4-7H2,1-3H3. The van der Waals surface area contributed by atoms with Crippen LogP contribution in [0, 0.1) is 23.7 Å². The molecule has 3 rings (SSSR count). The summed E-state index contributed by atoms with van der Waals surface area (Å²) in [5.41, 5.74) is 2.64. The quantitative estimate of drug-likeness (QED) is 0.725. The molecule has 0 N–H and O–H groups in total. The Bertz CT molecular complexity index is 394. The fourth-order valence-electron chi connectivity index (χ4n) is 3.80. The molecule has 3 heteroatoms. The normalized spacial score (nSPS) is 32.9. The summed E-state index contributed by atoms with van der Waals surface area (Å²) in [4.78, 5) is 0. The summed E-state index contributed by atoms with van der Waals surface area (Å²) in [6.07, 6.45) is 5.01. The van der Waals surface area contributed by atoms with Crippen LogP contribution in [-0.4, -0.2) is 15.0 Å². The third-order valence-corrected chi connectivity index (χ3v) is 4.62. The fraction of sp³-hybridized carbons (Fsp3) is 0.846. The van der Waals surface area contributed by atoms with Crippen molar-refractivity contribution in [2.45, 2.75) is 39.5 Å². The molecule has 0 aliphatic heterocycles. The number of hydrogen-bond donors (Lipinski definition) is 0. The molecule has 0 radical (unpaired) electrons.